The van der Waals surface area contributed by atoms with Crippen molar-refractivity contribution in [3.8, 4) is 11.5 Å². The summed E-state index contributed by atoms with van der Waals surface area (Å²) in [7, 11) is -4.16. The van der Waals surface area contributed by atoms with Crippen LogP contribution in [0.2, 0.25) is 0 Å². The number of benzene rings is 1. The highest BCUT2D eigenvalue weighted by atomic mass is 32.3. The van der Waals surface area contributed by atoms with E-state index in [1.807, 2.05) is 18.7 Å². The molecule has 2 bridgehead atoms. The Bertz CT molecular complexity index is 615. The number of likely N-dealkylation sites (N-methyl/N-ethyl adjacent to an activating group) is 1. The molecule has 0 atom stereocenters. The summed E-state index contributed by atoms with van der Waals surface area (Å²) in [5.41, 5.74) is 7.34. The minimum Gasteiger partial charge on any atom is -0.395 e. The molecule has 0 amide bonds. The second-order valence-corrected chi connectivity index (χ2v) is 5.50. The largest absolute Gasteiger partial charge is 0.501 e. The third-order valence-corrected chi connectivity index (χ3v) is 3.94. The van der Waals surface area contributed by atoms with Gasteiger partial charge in [-0.25, -0.2) is 0 Å². The number of anilines is 2. The average molecular weight is 302 g/mol. The first-order chi connectivity index (χ1) is 9.43. The van der Waals surface area contributed by atoms with Crippen LogP contribution in [0.25, 0.3) is 0 Å². The fourth-order valence-corrected chi connectivity index (χ4v) is 3.02. The summed E-state index contributed by atoms with van der Waals surface area (Å²) in [5, 5.41) is 9.10. The van der Waals surface area contributed by atoms with Gasteiger partial charge in [-0.2, -0.15) is 0 Å². The van der Waals surface area contributed by atoms with Gasteiger partial charge in [-0.15, -0.1) is 8.42 Å². The normalized spacial score (nSPS) is 15.3. The summed E-state index contributed by atoms with van der Waals surface area (Å²) in [5.74, 6) is 0.246. The molecule has 2 aliphatic rings. The first-order valence-electron chi connectivity index (χ1n) is 6.38. The number of hydrogen-bond acceptors (Lipinski definition) is 7. The van der Waals surface area contributed by atoms with Crippen LogP contribution in [0.5, 0.6) is 11.5 Å². The van der Waals surface area contributed by atoms with Crippen molar-refractivity contribution in [2.75, 3.05) is 30.3 Å². The van der Waals surface area contributed by atoms with E-state index in [-0.39, 0.29) is 23.8 Å². The Morgan fingerprint density at radius 3 is 2.60 bits per heavy atom. The fraction of sp³-hybridized carbons (Fsp3) is 0.500. The zero-order valence-corrected chi connectivity index (χ0v) is 12.2. The smallest absolute Gasteiger partial charge is 0.395 e. The molecule has 0 saturated carbocycles. The molecule has 7 nitrogen and oxygen atoms in total. The summed E-state index contributed by atoms with van der Waals surface area (Å²) in [6, 6.07) is 1.54. The first kappa shape index (κ1) is 14.7. The van der Waals surface area contributed by atoms with E-state index in [2.05, 4.69) is 0 Å². The molecule has 0 aliphatic carbocycles. The summed E-state index contributed by atoms with van der Waals surface area (Å²) < 4.78 is 33.2. The molecule has 20 heavy (non-hydrogen) atoms. The van der Waals surface area contributed by atoms with Crippen LogP contribution in [0.4, 0.5) is 11.4 Å². The summed E-state index contributed by atoms with van der Waals surface area (Å²) in [4.78, 5) is 1.81. The highest BCUT2D eigenvalue weighted by molar-refractivity contribution is 7.82. The Kier molecular flexibility index (Phi) is 3.96. The number of nitrogens with two attached hydrogens (primary N) is 1. The van der Waals surface area contributed by atoms with Crippen LogP contribution in [0.1, 0.15) is 19.4 Å². The van der Waals surface area contributed by atoms with Crippen molar-refractivity contribution < 1.29 is 21.9 Å². The van der Waals surface area contributed by atoms with E-state index in [1.165, 1.54) is 6.07 Å². The summed E-state index contributed by atoms with van der Waals surface area (Å²) in [6.07, 6.45) is 0.511. The van der Waals surface area contributed by atoms with E-state index < -0.39 is 10.4 Å². The number of rotatable bonds is 5. The van der Waals surface area contributed by atoms with Crippen LogP contribution < -0.4 is 19.0 Å². The maximum atomic E-state index is 11.7. The predicted octanol–water partition coefficient (Wildman–Crippen LogP) is 0.666. The van der Waals surface area contributed by atoms with Crippen LogP contribution in [0, 0.1) is 0 Å². The standard InChI is InChI=1S/C12H18N2O5S/c1-3-8-11(13)10-7-9(14(4-2)5-6-15)12(8)19-20(16,17)18-10/h7,15H,3-6,13H2,1-2H3. The molecule has 0 unspecified atom stereocenters. The number of nitrogens with zero attached hydrogens (tertiary/aromatic N) is 1. The van der Waals surface area contributed by atoms with Crippen LogP contribution in [-0.4, -0.2) is 33.2 Å². The van der Waals surface area contributed by atoms with Crippen molar-refractivity contribution in [3.63, 3.8) is 0 Å². The molecular weight excluding hydrogens is 284 g/mol. The van der Waals surface area contributed by atoms with Crippen LogP contribution in [0.3, 0.4) is 0 Å². The third kappa shape index (κ3) is 2.48. The van der Waals surface area contributed by atoms with E-state index in [0.717, 1.165) is 0 Å². The first-order valence-corrected chi connectivity index (χ1v) is 7.71. The second-order valence-electron chi connectivity index (χ2n) is 4.35. The summed E-state index contributed by atoms with van der Waals surface area (Å²) in [6.45, 7) is 4.64. The number of fused-ring (bicyclic) bond motifs is 4. The average Bonchev–Trinajstić information content (AvgIpc) is 2.58. The Hall–Kier alpha value is -1.67. The molecule has 112 valence electrons. The lowest BCUT2D eigenvalue weighted by Gasteiger charge is -2.24. The molecule has 3 N–H and O–H groups in total. The van der Waals surface area contributed by atoms with E-state index >= 15 is 0 Å². The Balaban J connectivity index is 2.66. The van der Waals surface area contributed by atoms with Crippen LogP contribution in [-0.2, 0) is 16.8 Å². The van der Waals surface area contributed by atoms with Gasteiger partial charge in [0.05, 0.1) is 18.0 Å². The van der Waals surface area contributed by atoms with Gasteiger partial charge in [-0.05, 0) is 13.3 Å². The molecule has 0 aromatic heterocycles. The van der Waals surface area contributed by atoms with E-state index in [0.29, 0.717) is 30.8 Å². The minimum atomic E-state index is -4.16. The molecule has 0 saturated heterocycles. The number of aliphatic hydroxyl groups is 1. The van der Waals surface area contributed by atoms with Crippen molar-refractivity contribution in [3.05, 3.63) is 11.6 Å². The van der Waals surface area contributed by atoms with Crippen molar-refractivity contribution in [1.82, 2.24) is 0 Å². The maximum Gasteiger partial charge on any atom is 0.501 e. The number of hydrogen-bond donors (Lipinski definition) is 2. The Labute approximate surface area is 118 Å². The van der Waals surface area contributed by atoms with E-state index in [9.17, 15) is 8.42 Å². The summed E-state index contributed by atoms with van der Waals surface area (Å²) >= 11 is 0. The molecule has 0 spiro atoms. The lowest BCUT2D eigenvalue weighted by Crippen LogP contribution is -2.27. The maximum absolute atomic E-state index is 11.7. The zero-order valence-electron chi connectivity index (χ0n) is 11.4. The van der Waals surface area contributed by atoms with Crippen molar-refractivity contribution in [2.45, 2.75) is 20.3 Å². The van der Waals surface area contributed by atoms with Crippen LogP contribution in [0.15, 0.2) is 6.07 Å². The van der Waals surface area contributed by atoms with Gasteiger partial charge in [0.15, 0.2) is 11.5 Å². The van der Waals surface area contributed by atoms with Gasteiger partial charge < -0.3 is 24.1 Å². The van der Waals surface area contributed by atoms with Gasteiger partial charge in [0.1, 0.15) is 0 Å². The van der Waals surface area contributed by atoms with E-state index in [4.69, 9.17) is 19.2 Å². The van der Waals surface area contributed by atoms with Gasteiger partial charge >= 0.3 is 10.4 Å². The number of aliphatic hydroxyl groups excluding tert-OH is 1. The third-order valence-electron chi connectivity index (χ3n) is 3.19. The molecule has 8 heteroatoms. The molecule has 0 fully saturated rings. The molecule has 1 aromatic carbocycles. The van der Waals surface area contributed by atoms with Crippen molar-refractivity contribution in [1.29, 1.82) is 0 Å². The fourth-order valence-electron chi connectivity index (χ4n) is 2.24. The Morgan fingerprint density at radius 1 is 1.35 bits per heavy atom. The highest BCUT2D eigenvalue weighted by Gasteiger charge is 2.31. The SMILES string of the molecule is CCc1c(N)c2cc(N(CC)CCO)c1OS(=O)(=O)O2. The van der Waals surface area contributed by atoms with E-state index in [1.54, 1.807) is 0 Å². The second kappa shape index (κ2) is 5.37. The Morgan fingerprint density at radius 2 is 2.05 bits per heavy atom. The van der Waals surface area contributed by atoms with Crippen molar-refractivity contribution in [2.24, 2.45) is 0 Å². The quantitative estimate of drug-likeness (QED) is 0.770. The molecule has 3 rings (SSSR count). The lowest BCUT2D eigenvalue weighted by atomic mass is 10.1. The molecule has 1 aromatic rings. The predicted molar refractivity (Wildman–Crippen MR) is 75.4 cm³/mol. The van der Waals surface area contributed by atoms with Crippen LogP contribution >= 0.6 is 0 Å². The number of nitrogen functional groups attached to an aromatic ring is 1. The molecule has 2 aliphatic heterocycles. The van der Waals surface area contributed by atoms with Gasteiger partial charge in [0, 0.05) is 24.7 Å². The monoisotopic (exact) mass is 302 g/mol. The van der Waals surface area contributed by atoms with Gasteiger partial charge in [0.25, 0.3) is 0 Å². The molecule has 2 heterocycles. The zero-order chi connectivity index (χ0) is 14.9. The van der Waals surface area contributed by atoms with Crippen molar-refractivity contribution >= 4 is 21.8 Å². The lowest BCUT2D eigenvalue weighted by molar-refractivity contribution is 0.302. The van der Waals surface area contributed by atoms with Gasteiger partial charge in [0.2, 0.25) is 0 Å². The highest BCUT2D eigenvalue weighted by Crippen LogP contribution is 2.45. The van der Waals surface area contributed by atoms with Gasteiger partial charge in [-0.3, -0.25) is 0 Å². The molecule has 0 radical (unpaired) electrons. The molecular formula is C12H18N2O5S. The topological polar surface area (TPSA) is 102 Å². The minimum absolute atomic E-state index is 0.0535. The van der Waals surface area contributed by atoms with Gasteiger partial charge in [-0.1, -0.05) is 6.92 Å².